The van der Waals surface area contributed by atoms with Gasteiger partial charge in [0.25, 0.3) is 0 Å². The highest BCUT2D eigenvalue weighted by Crippen LogP contribution is 2.05. The molecule has 0 rings (SSSR count). The van der Waals surface area contributed by atoms with Crippen molar-refractivity contribution in [3.05, 3.63) is 0 Å². The van der Waals surface area contributed by atoms with E-state index in [1.54, 1.807) is 0 Å². The molecule has 0 aromatic heterocycles. The Bertz CT molecular complexity index is 137. The van der Waals surface area contributed by atoms with Crippen molar-refractivity contribution in [3.8, 4) is 0 Å². The summed E-state index contributed by atoms with van der Waals surface area (Å²) in [6.45, 7) is 4.65. The topological polar surface area (TPSA) is 49.3 Å². The zero-order valence-corrected chi connectivity index (χ0v) is 8.68. The SMILES string of the molecule is CCCC(O)CCCC(=O)NCC. The number of carbonyl (C=O) groups excluding carboxylic acids is 1. The van der Waals surface area contributed by atoms with Crippen molar-refractivity contribution in [2.45, 2.75) is 52.1 Å². The predicted octanol–water partition coefficient (Wildman–Crippen LogP) is 1.45. The van der Waals surface area contributed by atoms with Crippen molar-refractivity contribution in [2.75, 3.05) is 6.54 Å². The summed E-state index contributed by atoms with van der Waals surface area (Å²) in [5, 5.41) is 12.1. The number of hydrogen-bond acceptors (Lipinski definition) is 2. The maximum atomic E-state index is 11.0. The Morgan fingerprint density at radius 1 is 1.38 bits per heavy atom. The fraction of sp³-hybridized carbons (Fsp3) is 0.900. The summed E-state index contributed by atoms with van der Waals surface area (Å²) in [6.07, 6.45) is 3.68. The third-order valence-corrected chi connectivity index (χ3v) is 1.94. The minimum atomic E-state index is -0.223. The van der Waals surface area contributed by atoms with Crippen molar-refractivity contribution >= 4 is 5.91 Å². The molecule has 0 spiro atoms. The summed E-state index contributed by atoms with van der Waals surface area (Å²) >= 11 is 0. The van der Waals surface area contributed by atoms with Crippen LogP contribution in [0.15, 0.2) is 0 Å². The zero-order valence-electron chi connectivity index (χ0n) is 8.68. The van der Waals surface area contributed by atoms with E-state index in [0.717, 1.165) is 25.7 Å². The van der Waals surface area contributed by atoms with Gasteiger partial charge in [-0.15, -0.1) is 0 Å². The standard InChI is InChI=1S/C10H21NO2/c1-3-6-9(12)7-5-8-10(13)11-4-2/h9,12H,3-8H2,1-2H3,(H,11,13). The fourth-order valence-corrected chi connectivity index (χ4v) is 1.26. The number of amides is 1. The molecule has 0 aliphatic heterocycles. The minimum Gasteiger partial charge on any atom is -0.393 e. The first-order valence-corrected chi connectivity index (χ1v) is 5.15. The van der Waals surface area contributed by atoms with E-state index >= 15 is 0 Å². The minimum absolute atomic E-state index is 0.0891. The summed E-state index contributed by atoms with van der Waals surface area (Å²) in [4.78, 5) is 11.0. The fourth-order valence-electron chi connectivity index (χ4n) is 1.26. The Hall–Kier alpha value is -0.570. The van der Waals surface area contributed by atoms with Gasteiger partial charge in [-0.3, -0.25) is 4.79 Å². The molecule has 0 bridgehead atoms. The van der Waals surface area contributed by atoms with Gasteiger partial charge in [-0.2, -0.15) is 0 Å². The number of nitrogens with one attached hydrogen (secondary N) is 1. The van der Waals surface area contributed by atoms with Crippen molar-refractivity contribution in [3.63, 3.8) is 0 Å². The molecule has 13 heavy (non-hydrogen) atoms. The average Bonchev–Trinajstić information content (AvgIpc) is 2.05. The van der Waals surface area contributed by atoms with Gasteiger partial charge >= 0.3 is 0 Å². The lowest BCUT2D eigenvalue weighted by atomic mass is 10.1. The quantitative estimate of drug-likeness (QED) is 0.634. The summed E-state index contributed by atoms with van der Waals surface area (Å²) in [5.41, 5.74) is 0. The molecule has 0 aromatic carbocycles. The molecule has 3 nitrogen and oxygen atoms in total. The number of aliphatic hydroxyl groups is 1. The molecular formula is C10H21NO2. The van der Waals surface area contributed by atoms with E-state index in [1.807, 2.05) is 13.8 Å². The van der Waals surface area contributed by atoms with E-state index in [9.17, 15) is 9.90 Å². The van der Waals surface area contributed by atoms with Crippen LogP contribution in [-0.4, -0.2) is 23.7 Å². The lowest BCUT2D eigenvalue weighted by molar-refractivity contribution is -0.121. The molecule has 0 aliphatic rings. The van der Waals surface area contributed by atoms with Crippen LogP contribution in [0.5, 0.6) is 0 Å². The number of rotatable bonds is 7. The van der Waals surface area contributed by atoms with E-state index in [4.69, 9.17) is 0 Å². The second-order valence-electron chi connectivity index (χ2n) is 3.29. The van der Waals surface area contributed by atoms with Gasteiger partial charge < -0.3 is 10.4 Å². The molecular weight excluding hydrogens is 166 g/mol. The van der Waals surface area contributed by atoms with Gasteiger partial charge in [0.1, 0.15) is 0 Å². The highest BCUT2D eigenvalue weighted by molar-refractivity contribution is 5.75. The molecule has 0 aromatic rings. The first kappa shape index (κ1) is 12.4. The number of hydrogen-bond donors (Lipinski definition) is 2. The highest BCUT2D eigenvalue weighted by atomic mass is 16.3. The van der Waals surface area contributed by atoms with Crippen LogP contribution in [0.4, 0.5) is 0 Å². The highest BCUT2D eigenvalue weighted by Gasteiger charge is 2.04. The van der Waals surface area contributed by atoms with Gasteiger partial charge in [-0.25, -0.2) is 0 Å². The van der Waals surface area contributed by atoms with Crippen LogP contribution in [0.1, 0.15) is 46.0 Å². The van der Waals surface area contributed by atoms with Gasteiger partial charge in [0, 0.05) is 13.0 Å². The molecule has 3 heteroatoms. The van der Waals surface area contributed by atoms with E-state index in [-0.39, 0.29) is 12.0 Å². The molecule has 0 radical (unpaired) electrons. The lowest BCUT2D eigenvalue weighted by Crippen LogP contribution is -2.22. The lowest BCUT2D eigenvalue weighted by Gasteiger charge is -2.08. The first-order chi connectivity index (χ1) is 6.20. The van der Waals surface area contributed by atoms with E-state index < -0.39 is 0 Å². The molecule has 0 saturated heterocycles. The molecule has 0 aliphatic carbocycles. The number of carbonyl (C=O) groups is 1. The largest absolute Gasteiger partial charge is 0.393 e. The Balaban J connectivity index is 3.28. The monoisotopic (exact) mass is 187 g/mol. The molecule has 1 amide bonds. The van der Waals surface area contributed by atoms with Crippen LogP contribution in [0.25, 0.3) is 0 Å². The summed E-state index contributed by atoms with van der Waals surface area (Å²) in [7, 11) is 0. The Morgan fingerprint density at radius 3 is 2.62 bits per heavy atom. The van der Waals surface area contributed by atoms with Gasteiger partial charge in [0.15, 0.2) is 0 Å². The van der Waals surface area contributed by atoms with Crippen molar-refractivity contribution < 1.29 is 9.90 Å². The van der Waals surface area contributed by atoms with Gasteiger partial charge in [-0.1, -0.05) is 13.3 Å². The van der Waals surface area contributed by atoms with E-state index in [0.29, 0.717) is 13.0 Å². The molecule has 1 unspecified atom stereocenters. The van der Waals surface area contributed by atoms with Crippen molar-refractivity contribution in [1.82, 2.24) is 5.32 Å². The average molecular weight is 187 g/mol. The maximum absolute atomic E-state index is 11.0. The smallest absolute Gasteiger partial charge is 0.219 e. The Morgan fingerprint density at radius 2 is 2.08 bits per heavy atom. The summed E-state index contributed by atoms with van der Waals surface area (Å²) < 4.78 is 0. The zero-order chi connectivity index (χ0) is 10.1. The van der Waals surface area contributed by atoms with Crippen LogP contribution in [0.2, 0.25) is 0 Å². The first-order valence-electron chi connectivity index (χ1n) is 5.15. The van der Waals surface area contributed by atoms with Crippen LogP contribution in [0.3, 0.4) is 0 Å². The number of aliphatic hydroxyl groups excluding tert-OH is 1. The van der Waals surface area contributed by atoms with Crippen LogP contribution < -0.4 is 5.32 Å². The van der Waals surface area contributed by atoms with Crippen LogP contribution >= 0.6 is 0 Å². The van der Waals surface area contributed by atoms with Crippen molar-refractivity contribution in [2.24, 2.45) is 0 Å². The molecule has 78 valence electrons. The predicted molar refractivity (Wildman–Crippen MR) is 53.4 cm³/mol. The molecule has 0 heterocycles. The maximum Gasteiger partial charge on any atom is 0.219 e. The third kappa shape index (κ3) is 7.78. The second kappa shape index (κ2) is 8.05. The molecule has 0 saturated carbocycles. The molecule has 0 fully saturated rings. The Kier molecular flexibility index (Phi) is 7.69. The second-order valence-corrected chi connectivity index (χ2v) is 3.29. The van der Waals surface area contributed by atoms with Crippen molar-refractivity contribution in [1.29, 1.82) is 0 Å². The molecule has 1 atom stereocenters. The summed E-state index contributed by atoms with van der Waals surface area (Å²) in [6, 6.07) is 0. The third-order valence-electron chi connectivity index (χ3n) is 1.94. The van der Waals surface area contributed by atoms with Gasteiger partial charge in [-0.05, 0) is 26.2 Å². The molecule has 2 N–H and O–H groups in total. The summed E-state index contributed by atoms with van der Waals surface area (Å²) in [5.74, 6) is 0.0891. The van der Waals surface area contributed by atoms with E-state index in [2.05, 4.69) is 5.32 Å². The van der Waals surface area contributed by atoms with Gasteiger partial charge in [0.05, 0.1) is 6.10 Å². The van der Waals surface area contributed by atoms with Crippen LogP contribution in [-0.2, 0) is 4.79 Å². The Labute approximate surface area is 80.5 Å². The normalized spacial score (nSPS) is 12.5. The van der Waals surface area contributed by atoms with Crippen LogP contribution in [0, 0.1) is 0 Å². The van der Waals surface area contributed by atoms with E-state index in [1.165, 1.54) is 0 Å². The van der Waals surface area contributed by atoms with Gasteiger partial charge in [0.2, 0.25) is 5.91 Å².